The summed E-state index contributed by atoms with van der Waals surface area (Å²) in [5.74, 6) is 1.18. The molecule has 5 rings (SSSR count). The Labute approximate surface area is 303 Å². The maximum Gasteiger partial charge on any atom is 0.164 e. The molecule has 1 aliphatic carbocycles. The normalized spacial score (nSPS) is 13.0. The maximum absolute atomic E-state index is 12.2. The second-order valence-electron chi connectivity index (χ2n) is 14.4. The van der Waals surface area contributed by atoms with Crippen LogP contribution in [-0.4, -0.2) is 20.9 Å². The third-order valence-electron chi connectivity index (χ3n) is 10.9. The van der Waals surface area contributed by atoms with Crippen LogP contribution in [0.1, 0.15) is 129 Å². The van der Waals surface area contributed by atoms with Crippen LogP contribution in [0.2, 0.25) is 0 Å². The average Bonchev–Trinajstić information content (AvgIpc) is 3.09. The number of aromatic nitrogens is 2. The number of rotatable bonds is 10. The molecule has 0 amide bonds. The first-order valence-electron chi connectivity index (χ1n) is 17.7. The third-order valence-corrected chi connectivity index (χ3v) is 10.9. The fourth-order valence-corrected chi connectivity index (χ4v) is 6.32. The molecular formula is C43H55IrN2O2-. The average molecular weight is 824 g/mol. The van der Waals surface area contributed by atoms with Gasteiger partial charge in [-0.3, -0.25) is 14.8 Å². The van der Waals surface area contributed by atoms with Crippen LogP contribution in [0, 0.1) is 16.9 Å². The van der Waals surface area contributed by atoms with Crippen LogP contribution in [-0.2, 0) is 37.7 Å². The van der Waals surface area contributed by atoms with Crippen LogP contribution in [0.25, 0.3) is 33.2 Å². The van der Waals surface area contributed by atoms with E-state index in [4.69, 9.17) is 9.97 Å². The van der Waals surface area contributed by atoms with E-state index in [1.54, 1.807) is 0 Å². The van der Waals surface area contributed by atoms with Crippen molar-refractivity contribution >= 4 is 16.6 Å². The zero-order valence-corrected chi connectivity index (χ0v) is 33.1. The summed E-state index contributed by atoms with van der Waals surface area (Å²) in [7, 11) is 0. The number of aliphatic hydroxyl groups excluding tert-OH is 1. The number of carbonyl (C=O) groups excluding carboxylic acids is 1. The summed E-state index contributed by atoms with van der Waals surface area (Å²) in [6.07, 6.45) is 10.8. The van der Waals surface area contributed by atoms with Crippen molar-refractivity contribution in [1.29, 1.82) is 0 Å². The zero-order chi connectivity index (χ0) is 34.5. The van der Waals surface area contributed by atoms with E-state index in [1.165, 1.54) is 45.0 Å². The Morgan fingerprint density at radius 3 is 2.12 bits per heavy atom. The molecule has 1 radical (unpaired) electrons. The van der Waals surface area contributed by atoms with Crippen molar-refractivity contribution in [2.45, 2.75) is 120 Å². The summed E-state index contributed by atoms with van der Waals surface area (Å²) < 4.78 is 0. The van der Waals surface area contributed by atoms with E-state index in [1.807, 2.05) is 47.7 Å². The molecule has 0 spiro atoms. The second kappa shape index (κ2) is 16.5. The van der Waals surface area contributed by atoms with E-state index in [-0.39, 0.29) is 42.5 Å². The molecule has 0 atom stereocenters. The monoisotopic (exact) mass is 824 g/mol. The third kappa shape index (κ3) is 8.17. The number of benzene rings is 2. The molecule has 2 aromatic heterocycles. The van der Waals surface area contributed by atoms with Crippen molar-refractivity contribution in [1.82, 2.24) is 9.97 Å². The van der Waals surface area contributed by atoms with Crippen molar-refractivity contribution < 1.29 is 30.0 Å². The first-order valence-corrected chi connectivity index (χ1v) is 17.7. The van der Waals surface area contributed by atoms with E-state index in [0.29, 0.717) is 11.8 Å². The Bertz CT molecular complexity index is 1750. The van der Waals surface area contributed by atoms with E-state index in [9.17, 15) is 9.90 Å². The molecule has 0 bridgehead atoms. The van der Waals surface area contributed by atoms with Gasteiger partial charge in [0.1, 0.15) is 5.76 Å². The number of carbonyl (C=O) groups is 1. The van der Waals surface area contributed by atoms with Gasteiger partial charge in [0.15, 0.2) is 5.78 Å². The van der Waals surface area contributed by atoms with Gasteiger partial charge >= 0.3 is 0 Å². The van der Waals surface area contributed by atoms with Crippen molar-refractivity contribution in [3.63, 3.8) is 0 Å². The number of fused-ring (bicyclic) bond motifs is 4. The number of nitrogens with zero attached hydrogens (tertiary/aromatic N) is 2. The van der Waals surface area contributed by atoms with E-state index < -0.39 is 0 Å². The number of ketones is 1. The summed E-state index contributed by atoms with van der Waals surface area (Å²) in [5, 5.41) is 12.6. The van der Waals surface area contributed by atoms with Gasteiger partial charge in [0.25, 0.3) is 0 Å². The first-order chi connectivity index (χ1) is 22.3. The number of hydrogen-bond donors (Lipinski definition) is 1. The van der Waals surface area contributed by atoms with Gasteiger partial charge in [0, 0.05) is 66.4 Å². The number of hydrogen-bond acceptors (Lipinski definition) is 4. The minimum absolute atomic E-state index is 0. The molecule has 2 aromatic carbocycles. The maximum atomic E-state index is 12.2. The molecule has 0 saturated heterocycles. The van der Waals surface area contributed by atoms with Crippen molar-refractivity contribution in [2.75, 3.05) is 0 Å². The Morgan fingerprint density at radius 2 is 1.52 bits per heavy atom. The molecule has 1 aliphatic rings. The summed E-state index contributed by atoms with van der Waals surface area (Å²) in [6.45, 7) is 21.0. The van der Waals surface area contributed by atoms with Crippen LogP contribution in [0.3, 0.4) is 0 Å². The molecule has 1 N–H and O–H groups in total. The van der Waals surface area contributed by atoms with Crippen molar-refractivity contribution in [3.05, 3.63) is 95.1 Å². The minimum atomic E-state index is -0.337. The molecule has 0 fully saturated rings. The topological polar surface area (TPSA) is 63.1 Å². The molecule has 0 saturated carbocycles. The molecule has 48 heavy (non-hydrogen) atoms. The standard InChI is InChI=1S/C28H27N2.C15H28O2.Ir/c1-17(2)25-14-21(13-19-7-5-6-8-22(19)25)28-24-10-9-20-15-27(18(3)4)30-16-26(20)23(24)11-12-29-28;1-7-14(5,8-2)12(16)11-13(17)15(6,9-3)10-4;/h5-8,11-12,14-18H,9-10H2,1-4H3;11,16H,7-10H2,1-6H3;/q-1;;/b;12-11-;. The molecule has 0 aliphatic heterocycles. The van der Waals surface area contributed by atoms with Gasteiger partial charge in [-0.2, -0.15) is 0 Å². The summed E-state index contributed by atoms with van der Waals surface area (Å²) in [4.78, 5) is 21.8. The van der Waals surface area contributed by atoms with Gasteiger partial charge in [0.2, 0.25) is 0 Å². The summed E-state index contributed by atoms with van der Waals surface area (Å²) in [6, 6.07) is 19.0. The van der Waals surface area contributed by atoms with E-state index in [0.717, 1.165) is 55.2 Å². The van der Waals surface area contributed by atoms with Gasteiger partial charge in [-0.05, 0) is 79.2 Å². The molecule has 0 unspecified atom stereocenters. The van der Waals surface area contributed by atoms with Gasteiger partial charge in [-0.25, -0.2) is 0 Å². The molecule has 4 nitrogen and oxygen atoms in total. The quantitative estimate of drug-likeness (QED) is 0.0983. The summed E-state index contributed by atoms with van der Waals surface area (Å²) in [5.41, 5.74) is 9.37. The van der Waals surface area contributed by atoms with Crippen LogP contribution in [0.5, 0.6) is 0 Å². The van der Waals surface area contributed by atoms with Crippen LogP contribution in [0.4, 0.5) is 0 Å². The Hall–Kier alpha value is -3.14. The van der Waals surface area contributed by atoms with Gasteiger partial charge in [-0.15, -0.1) is 29.1 Å². The van der Waals surface area contributed by atoms with Crippen LogP contribution < -0.4 is 0 Å². The second-order valence-corrected chi connectivity index (χ2v) is 14.4. The van der Waals surface area contributed by atoms with Crippen molar-refractivity contribution in [2.24, 2.45) is 10.8 Å². The molecule has 4 aromatic rings. The van der Waals surface area contributed by atoms with E-state index in [2.05, 4.69) is 82.4 Å². The zero-order valence-electron chi connectivity index (χ0n) is 30.8. The van der Waals surface area contributed by atoms with Crippen LogP contribution in [0.15, 0.2) is 66.7 Å². The number of aryl methyl sites for hydroxylation is 1. The fraction of sp³-hybridized carbons (Fsp3) is 0.465. The summed E-state index contributed by atoms with van der Waals surface area (Å²) >= 11 is 0. The smallest absolute Gasteiger partial charge is 0.164 e. The number of allylic oxidation sites excluding steroid dienone is 2. The van der Waals surface area contributed by atoms with Crippen LogP contribution >= 0.6 is 0 Å². The molecule has 2 heterocycles. The number of pyridine rings is 2. The SMILES string of the molecule is CC(C)c1cc2c(cn1)-c1ccnc(-c3[c-]c4ccccc4c(C(C)C)c3)c1CC2.CCC(C)(CC)C(=O)/C=C(\O)C(C)(CC)CC.[Ir]. The van der Waals surface area contributed by atoms with Gasteiger partial charge in [0.05, 0.1) is 0 Å². The predicted octanol–water partition coefficient (Wildman–Crippen LogP) is 11.8. The largest absolute Gasteiger partial charge is 0.512 e. The minimum Gasteiger partial charge on any atom is -0.512 e. The molecule has 259 valence electrons. The predicted molar refractivity (Wildman–Crippen MR) is 198 cm³/mol. The number of aliphatic hydroxyl groups is 1. The van der Waals surface area contributed by atoms with E-state index >= 15 is 0 Å². The van der Waals surface area contributed by atoms with Crippen molar-refractivity contribution in [3.8, 4) is 22.4 Å². The van der Waals surface area contributed by atoms with Gasteiger partial charge < -0.3 is 5.11 Å². The Morgan fingerprint density at radius 1 is 0.875 bits per heavy atom. The fourth-order valence-electron chi connectivity index (χ4n) is 6.32. The molecular weight excluding hydrogens is 769 g/mol. The first kappa shape index (κ1) is 39.3. The Balaban J connectivity index is 0.000000301. The molecule has 5 heteroatoms. The van der Waals surface area contributed by atoms with Gasteiger partial charge in [-0.1, -0.05) is 98.4 Å². The Kier molecular flexibility index (Phi) is 13.5.